The predicted octanol–water partition coefficient (Wildman–Crippen LogP) is -1.01. The summed E-state index contributed by atoms with van der Waals surface area (Å²) in [5.41, 5.74) is 9.48. The van der Waals surface area contributed by atoms with Gasteiger partial charge in [-0.2, -0.15) is 13.2 Å². The Bertz CT molecular complexity index is 1110. The average Bonchev–Trinajstić information content (AvgIpc) is 3.40. The van der Waals surface area contributed by atoms with E-state index in [2.05, 4.69) is 4.98 Å². The van der Waals surface area contributed by atoms with E-state index in [1.165, 1.54) is 16.4 Å². The fourth-order valence-electron chi connectivity index (χ4n) is 4.64. The van der Waals surface area contributed by atoms with Crippen LogP contribution in [0.2, 0.25) is 0 Å². The van der Waals surface area contributed by atoms with E-state index >= 15 is 4.39 Å². The van der Waals surface area contributed by atoms with Crippen LogP contribution in [0.4, 0.5) is 22.0 Å². The van der Waals surface area contributed by atoms with Gasteiger partial charge in [0.25, 0.3) is 5.56 Å². The van der Waals surface area contributed by atoms with Gasteiger partial charge in [-0.05, 0) is 25.3 Å². The molecule has 12 heteroatoms. The molecule has 5 atom stereocenters. The molecule has 1 aliphatic heterocycles. The van der Waals surface area contributed by atoms with Crippen molar-refractivity contribution in [3.63, 3.8) is 0 Å². The molecule has 30 heavy (non-hydrogen) atoms. The number of likely N-dealkylation sites (tertiary alicyclic amines) is 1. The third kappa shape index (κ3) is 3.16. The molecular formula is C18H22F5N5O2. The summed E-state index contributed by atoms with van der Waals surface area (Å²) >= 11 is 0. The number of nitrogens with one attached hydrogen (secondary N) is 1. The van der Waals surface area contributed by atoms with Crippen molar-refractivity contribution >= 4 is 11.3 Å². The molecule has 1 saturated carbocycles. The van der Waals surface area contributed by atoms with Gasteiger partial charge in [-0.15, -0.1) is 0 Å². The molecule has 5 N–H and O–H groups in total. The maximum Gasteiger partial charge on any atom is 0.404 e. The summed E-state index contributed by atoms with van der Waals surface area (Å²) in [4.78, 5) is 28.1. The molecule has 0 amide bonds. The summed E-state index contributed by atoms with van der Waals surface area (Å²) in [6.07, 6.45) is -7.27. The van der Waals surface area contributed by atoms with Crippen molar-refractivity contribution in [2.75, 3.05) is 13.1 Å². The first-order valence-electron chi connectivity index (χ1n) is 9.63. The van der Waals surface area contributed by atoms with Crippen molar-refractivity contribution < 1.29 is 22.0 Å². The molecule has 5 unspecified atom stereocenters. The summed E-state index contributed by atoms with van der Waals surface area (Å²) in [6, 6.07) is -3.77. The van der Waals surface area contributed by atoms with E-state index in [-0.39, 0.29) is 22.2 Å². The second-order valence-corrected chi connectivity index (χ2v) is 8.27. The monoisotopic (exact) mass is 435 g/mol. The first-order chi connectivity index (χ1) is 13.9. The van der Waals surface area contributed by atoms with Crippen LogP contribution < -0.4 is 33.3 Å². The molecule has 0 spiro atoms. The van der Waals surface area contributed by atoms with E-state index in [9.17, 15) is 27.2 Å². The van der Waals surface area contributed by atoms with Crippen LogP contribution in [0, 0.1) is 5.92 Å². The highest BCUT2D eigenvalue weighted by molar-refractivity contribution is 5.62. The first-order valence-corrected chi connectivity index (χ1v) is 9.63. The summed E-state index contributed by atoms with van der Waals surface area (Å²) in [5.74, 6) is -1.56. The molecular weight excluding hydrogens is 413 g/mol. The normalized spacial score (nSPS) is 31.2. The van der Waals surface area contributed by atoms with Gasteiger partial charge < -0.3 is 11.5 Å². The summed E-state index contributed by atoms with van der Waals surface area (Å²) in [6.45, 7) is 0.602. The fourth-order valence-corrected chi connectivity index (χ4v) is 4.64. The smallest absolute Gasteiger partial charge is 0.399 e. The number of halogens is 5. The topological polar surface area (TPSA) is 110 Å². The van der Waals surface area contributed by atoms with Crippen LogP contribution in [-0.2, 0) is 0 Å². The van der Waals surface area contributed by atoms with Gasteiger partial charge in [-0.3, -0.25) is 19.2 Å². The van der Waals surface area contributed by atoms with Gasteiger partial charge in [0.2, 0.25) is 0 Å². The molecule has 2 aliphatic carbocycles. The second-order valence-electron chi connectivity index (χ2n) is 8.27. The molecule has 7 nitrogen and oxygen atoms in total. The van der Waals surface area contributed by atoms with E-state index < -0.39 is 66.6 Å². The number of aromatic amines is 1. The molecule has 3 aliphatic rings. The van der Waals surface area contributed by atoms with E-state index in [0.717, 1.165) is 0 Å². The van der Waals surface area contributed by atoms with E-state index in [1.807, 2.05) is 0 Å². The van der Waals surface area contributed by atoms with Gasteiger partial charge in [0.1, 0.15) is 12.2 Å². The number of hydrogen-bond acceptors (Lipinski definition) is 5. The maximum atomic E-state index is 15.3. The lowest BCUT2D eigenvalue weighted by molar-refractivity contribution is -0.161. The third-order valence-corrected chi connectivity index (χ3v) is 6.29. The van der Waals surface area contributed by atoms with Gasteiger partial charge in [-0.1, -0.05) is 0 Å². The Labute approximate surface area is 166 Å². The Morgan fingerprint density at radius 3 is 2.37 bits per heavy atom. The molecule has 2 heterocycles. The van der Waals surface area contributed by atoms with Crippen molar-refractivity contribution in [1.29, 1.82) is 0 Å². The van der Waals surface area contributed by atoms with Crippen molar-refractivity contribution in [3.05, 3.63) is 31.4 Å². The number of fused-ring (bicyclic) bond motifs is 1. The Balaban J connectivity index is 1.84. The lowest BCUT2D eigenvalue weighted by Gasteiger charge is -2.34. The standard InChI is InChI=1S/C18H22F5N5O2/c1-6-13-10(16(29)26-17(30)28(13)7-2-3-7)12(24)11(20)14(6)27-4-8(9(19)5-27)15(25)18(21,22)23/h7-9,11,14-15H,2-5,24-25H2,1H3,(H,26,29,30). The van der Waals surface area contributed by atoms with Crippen LogP contribution in [0.5, 0.6) is 0 Å². The second kappa shape index (κ2) is 6.91. The van der Waals surface area contributed by atoms with Crippen LogP contribution in [0.15, 0.2) is 9.59 Å². The maximum absolute atomic E-state index is 15.3. The van der Waals surface area contributed by atoms with Crippen LogP contribution in [0.1, 0.15) is 25.8 Å². The molecule has 0 aromatic carbocycles. The number of alkyl halides is 5. The predicted molar refractivity (Wildman–Crippen MR) is 98.2 cm³/mol. The first kappa shape index (κ1) is 21.0. The van der Waals surface area contributed by atoms with Gasteiger partial charge in [0.15, 0.2) is 6.17 Å². The Morgan fingerprint density at radius 2 is 1.80 bits per heavy atom. The van der Waals surface area contributed by atoms with Crippen molar-refractivity contribution in [2.24, 2.45) is 17.4 Å². The molecule has 0 radical (unpaired) electrons. The van der Waals surface area contributed by atoms with Crippen LogP contribution in [0.3, 0.4) is 0 Å². The van der Waals surface area contributed by atoms with E-state index in [0.29, 0.717) is 12.8 Å². The third-order valence-electron chi connectivity index (χ3n) is 6.29. The highest BCUT2D eigenvalue weighted by Gasteiger charge is 2.51. The number of aromatic nitrogens is 2. The Kier molecular flexibility index (Phi) is 4.84. The molecule has 4 rings (SSSR count). The number of nitrogens with zero attached hydrogens (tertiary/aromatic N) is 2. The quantitative estimate of drug-likeness (QED) is 0.527. The summed E-state index contributed by atoms with van der Waals surface area (Å²) in [5, 5.41) is 0.0175. The Hall–Kier alpha value is -2.21. The number of hydrogen-bond donors (Lipinski definition) is 3. The zero-order valence-electron chi connectivity index (χ0n) is 16.0. The average molecular weight is 435 g/mol. The van der Waals surface area contributed by atoms with Crippen molar-refractivity contribution in [2.45, 2.75) is 56.4 Å². The summed E-state index contributed by atoms with van der Waals surface area (Å²) < 4.78 is 70.1. The number of rotatable bonds is 3. The largest absolute Gasteiger partial charge is 0.404 e. The van der Waals surface area contributed by atoms with Crippen molar-refractivity contribution in [1.82, 2.24) is 14.5 Å². The fraction of sp³-hybridized carbons (Fsp3) is 0.667. The SMILES string of the molecule is CC1=c2c(c(=O)[nH]c(=O)n2C2CC2)=C(N)C(F)C1N1CC(F)C(C(N)C(F)(F)F)C1. The van der Waals surface area contributed by atoms with E-state index in [4.69, 9.17) is 11.5 Å². The van der Waals surface area contributed by atoms with Gasteiger partial charge in [0, 0.05) is 25.0 Å². The lowest BCUT2D eigenvalue weighted by atomic mass is 9.93. The summed E-state index contributed by atoms with van der Waals surface area (Å²) in [7, 11) is 0. The molecule has 2 fully saturated rings. The molecule has 1 aromatic rings. The number of nitrogens with two attached hydrogens (primary N) is 2. The zero-order chi connectivity index (χ0) is 22.1. The van der Waals surface area contributed by atoms with Crippen molar-refractivity contribution in [3.8, 4) is 0 Å². The van der Waals surface area contributed by atoms with Gasteiger partial charge in [0.05, 0.1) is 22.3 Å². The minimum atomic E-state index is -4.79. The van der Waals surface area contributed by atoms with Gasteiger partial charge >= 0.3 is 11.9 Å². The van der Waals surface area contributed by atoms with Crippen LogP contribution in [0.25, 0.3) is 11.3 Å². The van der Waals surface area contributed by atoms with E-state index in [1.54, 1.807) is 0 Å². The van der Waals surface area contributed by atoms with Crippen LogP contribution >= 0.6 is 0 Å². The minimum Gasteiger partial charge on any atom is -0.399 e. The molecule has 1 aromatic heterocycles. The Morgan fingerprint density at radius 1 is 1.17 bits per heavy atom. The molecule has 166 valence electrons. The highest BCUT2D eigenvalue weighted by atomic mass is 19.4. The molecule has 1 saturated heterocycles. The number of H-pyrrole nitrogens is 1. The van der Waals surface area contributed by atoms with Gasteiger partial charge in [-0.25, -0.2) is 13.6 Å². The lowest BCUT2D eigenvalue weighted by Crippen LogP contribution is -2.62. The van der Waals surface area contributed by atoms with Crippen LogP contribution in [-0.4, -0.2) is 58.1 Å². The highest BCUT2D eigenvalue weighted by Crippen LogP contribution is 2.36. The minimum absolute atomic E-state index is 0.151. The zero-order valence-corrected chi connectivity index (χ0v) is 16.0. The molecule has 0 bridgehead atoms.